The van der Waals surface area contributed by atoms with E-state index >= 15 is 0 Å². The first-order valence-electron chi connectivity index (χ1n) is 8.84. The molecule has 0 aliphatic rings. The Kier molecular flexibility index (Phi) is 6.41. The molecule has 0 spiro atoms. The van der Waals surface area contributed by atoms with E-state index in [9.17, 15) is 4.79 Å². The molecule has 1 heterocycles. The summed E-state index contributed by atoms with van der Waals surface area (Å²) < 4.78 is 10.5. The summed E-state index contributed by atoms with van der Waals surface area (Å²) in [6.45, 7) is 0.685. The number of anilines is 2. The lowest BCUT2D eigenvalue weighted by Crippen LogP contribution is -2.14. The van der Waals surface area contributed by atoms with Crippen molar-refractivity contribution in [1.82, 2.24) is 10.2 Å². The summed E-state index contributed by atoms with van der Waals surface area (Å²) in [5.74, 6) is 2.22. The Labute approximate surface area is 163 Å². The molecule has 0 aliphatic heterocycles. The van der Waals surface area contributed by atoms with Crippen LogP contribution < -0.4 is 20.1 Å². The van der Waals surface area contributed by atoms with E-state index in [0.29, 0.717) is 29.5 Å². The smallest absolute Gasteiger partial charge is 0.256 e. The number of amides is 1. The molecule has 2 aromatic carbocycles. The van der Waals surface area contributed by atoms with Crippen LogP contribution in [-0.2, 0) is 6.42 Å². The number of nitrogens with zero attached hydrogens (tertiary/aromatic N) is 2. The molecule has 3 rings (SSSR count). The molecule has 0 atom stereocenters. The van der Waals surface area contributed by atoms with Crippen LogP contribution >= 0.6 is 0 Å². The van der Waals surface area contributed by atoms with Crippen LogP contribution in [0.3, 0.4) is 0 Å². The molecule has 0 unspecified atom stereocenters. The topological polar surface area (TPSA) is 85.4 Å². The largest absolute Gasteiger partial charge is 0.497 e. The number of hydrogen-bond donors (Lipinski definition) is 2. The molecular weight excluding hydrogens is 356 g/mol. The van der Waals surface area contributed by atoms with E-state index in [1.807, 2.05) is 24.3 Å². The Hall–Kier alpha value is -3.61. The molecule has 0 bridgehead atoms. The van der Waals surface area contributed by atoms with Gasteiger partial charge in [-0.2, -0.15) is 0 Å². The van der Waals surface area contributed by atoms with Crippen molar-refractivity contribution in [2.75, 3.05) is 31.4 Å². The minimum absolute atomic E-state index is 0.273. The lowest BCUT2D eigenvalue weighted by Gasteiger charge is -2.09. The summed E-state index contributed by atoms with van der Waals surface area (Å²) >= 11 is 0. The fourth-order valence-corrected chi connectivity index (χ4v) is 2.68. The second-order valence-electron chi connectivity index (χ2n) is 5.98. The van der Waals surface area contributed by atoms with Crippen molar-refractivity contribution in [1.29, 1.82) is 0 Å². The quantitative estimate of drug-likeness (QED) is 0.625. The Bertz CT molecular complexity index is 929. The molecule has 0 fully saturated rings. The predicted molar refractivity (Wildman–Crippen MR) is 108 cm³/mol. The van der Waals surface area contributed by atoms with Crippen LogP contribution in [0.4, 0.5) is 11.6 Å². The average molecular weight is 378 g/mol. The first-order valence-corrected chi connectivity index (χ1v) is 8.84. The Balaban J connectivity index is 1.54. The van der Waals surface area contributed by atoms with Crippen molar-refractivity contribution in [2.24, 2.45) is 0 Å². The number of aromatic nitrogens is 2. The number of rotatable bonds is 8. The van der Waals surface area contributed by atoms with Crippen LogP contribution in [0.5, 0.6) is 11.5 Å². The summed E-state index contributed by atoms with van der Waals surface area (Å²) in [5, 5.41) is 14.1. The van der Waals surface area contributed by atoms with Gasteiger partial charge in [0.15, 0.2) is 5.82 Å². The van der Waals surface area contributed by atoms with Crippen molar-refractivity contribution in [2.45, 2.75) is 6.42 Å². The molecule has 144 valence electrons. The van der Waals surface area contributed by atoms with Crippen LogP contribution in [0.15, 0.2) is 60.7 Å². The van der Waals surface area contributed by atoms with E-state index in [-0.39, 0.29) is 5.91 Å². The van der Waals surface area contributed by atoms with Gasteiger partial charge in [0.25, 0.3) is 5.91 Å². The minimum Gasteiger partial charge on any atom is -0.497 e. The van der Waals surface area contributed by atoms with Gasteiger partial charge in [-0.15, -0.1) is 10.2 Å². The maximum absolute atomic E-state index is 12.3. The van der Waals surface area contributed by atoms with Crippen molar-refractivity contribution in [3.8, 4) is 11.5 Å². The normalized spacial score (nSPS) is 10.2. The molecule has 0 saturated heterocycles. The van der Waals surface area contributed by atoms with Crippen LogP contribution in [0.1, 0.15) is 15.9 Å². The van der Waals surface area contributed by atoms with E-state index in [2.05, 4.69) is 20.8 Å². The van der Waals surface area contributed by atoms with Gasteiger partial charge in [0.2, 0.25) is 0 Å². The van der Waals surface area contributed by atoms with Crippen molar-refractivity contribution < 1.29 is 14.3 Å². The number of ether oxygens (including phenoxy) is 2. The summed E-state index contributed by atoms with van der Waals surface area (Å²) in [6.07, 6.45) is 0.792. The first-order chi connectivity index (χ1) is 13.7. The highest BCUT2D eigenvalue weighted by Crippen LogP contribution is 2.18. The zero-order valence-corrected chi connectivity index (χ0v) is 15.8. The molecule has 1 aromatic heterocycles. The standard InChI is InChI=1S/C21H22N4O3/c1-27-17-8-5-7-16(14-17)21(26)23-20-11-10-19(24-25-20)22-13-12-15-6-3-4-9-18(15)28-2/h3-11,14H,12-13H2,1-2H3,(H,22,24)(H,23,25,26). The molecule has 7 nitrogen and oxygen atoms in total. The third kappa shape index (κ3) is 4.97. The lowest BCUT2D eigenvalue weighted by atomic mass is 10.1. The second kappa shape index (κ2) is 9.36. The third-order valence-electron chi connectivity index (χ3n) is 4.13. The third-order valence-corrected chi connectivity index (χ3v) is 4.13. The molecule has 1 amide bonds. The fourth-order valence-electron chi connectivity index (χ4n) is 2.68. The summed E-state index contributed by atoms with van der Waals surface area (Å²) in [5.41, 5.74) is 1.60. The highest BCUT2D eigenvalue weighted by atomic mass is 16.5. The van der Waals surface area contributed by atoms with Gasteiger partial charge in [0, 0.05) is 12.1 Å². The zero-order valence-electron chi connectivity index (χ0n) is 15.8. The number of hydrogen-bond acceptors (Lipinski definition) is 6. The van der Waals surface area contributed by atoms with E-state index in [1.54, 1.807) is 50.6 Å². The number of methoxy groups -OCH3 is 2. The molecule has 28 heavy (non-hydrogen) atoms. The molecule has 3 aromatic rings. The molecule has 0 radical (unpaired) electrons. The number of para-hydroxylation sites is 1. The Morgan fingerprint density at radius 1 is 0.929 bits per heavy atom. The van der Waals surface area contributed by atoms with Gasteiger partial charge in [-0.25, -0.2) is 0 Å². The number of carbonyl (C=O) groups is 1. The van der Waals surface area contributed by atoms with E-state index in [0.717, 1.165) is 17.7 Å². The van der Waals surface area contributed by atoms with Crippen LogP contribution in [0.25, 0.3) is 0 Å². The maximum Gasteiger partial charge on any atom is 0.256 e. The monoisotopic (exact) mass is 378 g/mol. The summed E-state index contributed by atoms with van der Waals surface area (Å²) in [4.78, 5) is 12.3. The Morgan fingerprint density at radius 2 is 1.71 bits per heavy atom. The molecule has 0 aliphatic carbocycles. The molecular formula is C21H22N4O3. The van der Waals surface area contributed by atoms with Gasteiger partial charge in [0.1, 0.15) is 17.3 Å². The van der Waals surface area contributed by atoms with Crippen molar-refractivity contribution >= 4 is 17.5 Å². The molecule has 7 heteroatoms. The van der Waals surface area contributed by atoms with Gasteiger partial charge in [-0.3, -0.25) is 4.79 Å². The van der Waals surface area contributed by atoms with Crippen molar-refractivity contribution in [3.05, 3.63) is 71.8 Å². The van der Waals surface area contributed by atoms with Crippen LogP contribution in [0, 0.1) is 0 Å². The van der Waals surface area contributed by atoms with E-state index in [1.165, 1.54) is 0 Å². The lowest BCUT2D eigenvalue weighted by molar-refractivity contribution is 0.102. The second-order valence-corrected chi connectivity index (χ2v) is 5.98. The summed E-state index contributed by atoms with van der Waals surface area (Å²) in [6, 6.07) is 18.3. The molecule has 0 saturated carbocycles. The average Bonchev–Trinajstić information content (AvgIpc) is 2.75. The highest BCUT2D eigenvalue weighted by Gasteiger charge is 2.08. The predicted octanol–water partition coefficient (Wildman–Crippen LogP) is 3.40. The van der Waals surface area contributed by atoms with Gasteiger partial charge in [-0.1, -0.05) is 24.3 Å². The number of carbonyl (C=O) groups excluding carboxylic acids is 1. The Morgan fingerprint density at radius 3 is 2.46 bits per heavy atom. The van der Waals surface area contributed by atoms with E-state index in [4.69, 9.17) is 9.47 Å². The highest BCUT2D eigenvalue weighted by molar-refractivity contribution is 6.03. The van der Waals surface area contributed by atoms with Gasteiger partial charge < -0.3 is 20.1 Å². The summed E-state index contributed by atoms with van der Waals surface area (Å²) in [7, 11) is 3.22. The first kappa shape index (κ1) is 19.2. The SMILES string of the molecule is COc1cccc(C(=O)Nc2ccc(NCCc3ccccc3OC)nn2)c1. The van der Waals surface area contributed by atoms with Gasteiger partial charge >= 0.3 is 0 Å². The van der Waals surface area contributed by atoms with Crippen LogP contribution in [0.2, 0.25) is 0 Å². The zero-order chi connectivity index (χ0) is 19.8. The van der Waals surface area contributed by atoms with Crippen molar-refractivity contribution in [3.63, 3.8) is 0 Å². The maximum atomic E-state index is 12.3. The van der Waals surface area contributed by atoms with Gasteiger partial charge in [0.05, 0.1) is 14.2 Å². The minimum atomic E-state index is -0.273. The number of benzene rings is 2. The van der Waals surface area contributed by atoms with Gasteiger partial charge in [-0.05, 0) is 48.4 Å². The fraction of sp³-hybridized carbons (Fsp3) is 0.190. The van der Waals surface area contributed by atoms with E-state index < -0.39 is 0 Å². The van der Waals surface area contributed by atoms with Crippen LogP contribution in [-0.4, -0.2) is 36.9 Å². The number of nitrogens with one attached hydrogen (secondary N) is 2. The molecule has 2 N–H and O–H groups in total.